The molecule has 1 aromatic carbocycles. The first-order valence-corrected chi connectivity index (χ1v) is 6.63. The maximum absolute atomic E-state index is 6.10. The summed E-state index contributed by atoms with van der Waals surface area (Å²) in [6.45, 7) is 0. The van der Waals surface area contributed by atoms with Crippen LogP contribution in [0.2, 0.25) is 5.02 Å². The van der Waals surface area contributed by atoms with Crippen LogP contribution in [0.25, 0.3) is 11.0 Å². The molecule has 0 fully saturated rings. The standard InChI is InChI=1S/C12H10ClN3OS/c1-14-11(9-6-18-16-15-9)10-5-7-3-2-4-8(13)12(7)17-10/h2-6,11,14H,1H3. The van der Waals surface area contributed by atoms with Crippen LogP contribution in [0, 0.1) is 0 Å². The van der Waals surface area contributed by atoms with E-state index in [2.05, 4.69) is 14.9 Å². The van der Waals surface area contributed by atoms with Gasteiger partial charge in [-0.2, -0.15) is 0 Å². The second-order valence-corrected chi connectivity index (χ2v) is 4.88. The lowest BCUT2D eigenvalue weighted by atomic mass is 10.1. The Balaban J connectivity index is 2.11. The molecule has 0 bridgehead atoms. The Kier molecular flexibility index (Phi) is 3.03. The summed E-state index contributed by atoms with van der Waals surface area (Å²) in [6.07, 6.45) is 0. The van der Waals surface area contributed by atoms with Crippen LogP contribution in [-0.2, 0) is 0 Å². The van der Waals surface area contributed by atoms with Crippen LogP contribution < -0.4 is 5.32 Å². The highest BCUT2D eigenvalue weighted by atomic mass is 35.5. The zero-order valence-corrected chi connectivity index (χ0v) is 11.1. The fourth-order valence-corrected chi connectivity index (χ4v) is 2.62. The van der Waals surface area contributed by atoms with Crippen molar-refractivity contribution in [2.45, 2.75) is 6.04 Å². The van der Waals surface area contributed by atoms with Crippen molar-refractivity contribution in [3.05, 3.63) is 46.1 Å². The van der Waals surface area contributed by atoms with Crippen molar-refractivity contribution < 1.29 is 4.42 Å². The minimum Gasteiger partial charge on any atom is -0.457 e. The number of furan rings is 1. The van der Waals surface area contributed by atoms with Crippen molar-refractivity contribution in [2.24, 2.45) is 0 Å². The van der Waals surface area contributed by atoms with E-state index < -0.39 is 0 Å². The van der Waals surface area contributed by atoms with Gasteiger partial charge in [0.05, 0.1) is 5.02 Å². The highest BCUT2D eigenvalue weighted by Gasteiger charge is 2.19. The smallest absolute Gasteiger partial charge is 0.152 e. The fourth-order valence-electron chi connectivity index (χ4n) is 1.92. The summed E-state index contributed by atoms with van der Waals surface area (Å²) >= 11 is 7.42. The SMILES string of the molecule is CNC(c1csnn1)c1cc2cccc(Cl)c2o1. The van der Waals surface area contributed by atoms with Crippen LogP contribution >= 0.6 is 23.1 Å². The molecule has 0 aliphatic heterocycles. The third-order valence-corrected chi connectivity index (χ3v) is 3.58. The monoisotopic (exact) mass is 279 g/mol. The van der Waals surface area contributed by atoms with Crippen LogP contribution in [0.4, 0.5) is 0 Å². The zero-order chi connectivity index (χ0) is 12.5. The molecule has 6 heteroatoms. The molecule has 2 heterocycles. The van der Waals surface area contributed by atoms with Crippen molar-refractivity contribution in [1.29, 1.82) is 0 Å². The molecule has 1 N–H and O–H groups in total. The second-order valence-electron chi connectivity index (χ2n) is 3.86. The Labute approximate surface area is 113 Å². The summed E-state index contributed by atoms with van der Waals surface area (Å²) in [6, 6.07) is 7.56. The van der Waals surface area contributed by atoms with Crippen LogP contribution in [0.3, 0.4) is 0 Å². The van der Waals surface area contributed by atoms with E-state index in [-0.39, 0.29) is 6.04 Å². The highest BCUT2D eigenvalue weighted by Crippen LogP contribution is 2.31. The van der Waals surface area contributed by atoms with Crippen LogP contribution in [-0.4, -0.2) is 16.6 Å². The fraction of sp³-hybridized carbons (Fsp3) is 0.167. The average molecular weight is 280 g/mol. The molecular formula is C12H10ClN3OS. The average Bonchev–Trinajstić information content (AvgIpc) is 3.00. The number of para-hydroxylation sites is 1. The zero-order valence-electron chi connectivity index (χ0n) is 9.55. The molecule has 0 aliphatic carbocycles. The van der Waals surface area contributed by atoms with Crippen molar-refractivity contribution in [1.82, 2.24) is 14.9 Å². The Morgan fingerprint density at radius 3 is 3.00 bits per heavy atom. The quantitative estimate of drug-likeness (QED) is 0.800. The van der Waals surface area contributed by atoms with Gasteiger partial charge < -0.3 is 9.73 Å². The molecule has 1 unspecified atom stereocenters. The van der Waals surface area contributed by atoms with Gasteiger partial charge >= 0.3 is 0 Å². The molecule has 92 valence electrons. The van der Waals surface area contributed by atoms with Crippen molar-refractivity contribution in [3.63, 3.8) is 0 Å². The molecule has 0 aliphatic rings. The topological polar surface area (TPSA) is 51.0 Å². The number of nitrogens with one attached hydrogen (secondary N) is 1. The number of nitrogens with zero attached hydrogens (tertiary/aromatic N) is 2. The number of fused-ring (bicyclic) bond motifs is 1. The Hall–Kier alpha value is -1.43. The van der Waals surface area contributed by atoms with Gasteiger partial charge in [-0.25, -0.2) is 0 Å². The molecule has 4 nitrogen and oxygen atoms in total. The molecule has 1 atom stereocenters. The minimum absolute atomic E-state index is 0.104. The Morgan fingerprint density at radius 1 is 1.44 bits per heavy atom. The number of hydrogen-bond donors (Lipinski definition) is 1. The van der Waals surface area contributed by atoms with E-state index in [4.69, 9.17) is 16.0 Å². The summed E-state index contributed by atoms with van der Waals surface area (Å²) in [5.41, 5.74) is 1.55. The van der Waals surface area contributed by atoms with Crippen LogP contribution in [0.5, 0.6) is 0 Å². The molecule has 0 saturated heterocycles. The maximum Gasteiger partial charge on any atom is 0.152 e. The predicted molar refractivity (Wildman–Crippen MR) is 72.0 cm³/mol. The second kappa shape index (κ2) is 4.68. The highest BCUT2D eigenvalue weighted by molar-refractivity contribution is 7.03. The normalized spacial score (nSPS) is 13.0. The van der Waals surface area contributed by atoms with Gasteiger partial charge in [-0.15, -0.1) is 5.10 Å². The molecule has 0 spiro atoms. The first-order chi connectivity index (χ1) is 8.79. The summed E-state index contributed by atoms with van der Waals surface area (Å²) in [7, 11) is 1.86. The molecule has 18 heavy (non-hydrogen) atoms. The van der Waals surface area contributed by atoms with Gasteiger partial charge in [0.15, 0.2) is 5.58 Å². The van der Waals surface area contributed by atoms with Gasteiger partial charge in [0.2, 0.25) is 0 Å². The number of hydrogen-bond acceptors (Lipinski definition) is 5. The van der Waals surface area contributed by atoms with Crippen LogP contribution in [0.15, 0.2) is 34.1 Å². The molecule has 0 radical (unpaired) electrons. The Morgan fingerprint density at radius 2 is 2.33 bits per heavy atom. The maximum atomic E-state index is 6.10. The van der Waals surface area contributed by atoms with Crippen molar-refractivity contribution in [2.75, 3.05) is 7.05 Å². The van der Waals surface area contributed by atoms with Crippen molar-refractivity contribution >= 4 is 34.1 Å². The van der Waals surface area contributed by atoms with E-state index in [1.54, 1.807) is 0 Å². The molecule has 3 aromatic rings. The summed E-state index contributed by atoms with van der Waals surface area (Å²) in [5, 5.41) is 10.7. The number of benzene rings is 1. The van der Waals surface area contributed by atoms with E-state index in [0.29, 0.717) is 10.6 Å². The minimum atomic E-state index is -0.104. The van der Waals surface area contributed by atoms with Gasteiger partial charge in [-0.1, -0.05) is 28.2 Å². The van der Waals surface area contributed by atoms with Gasteiger partial charge in [-0.3, -0.25) is 0 Å². The lowest BCUT2D eigenvalue weighted by Crippen LogP contribution is -2.17. The first-order valence-electron chi connectivity index (χ1n) is 5.42. The van der Waals surface area contributed by atoms with E-state index in [1.807, 2.05) is 36.7 Å². The third kappa shape index (κ3) is 1.90. The Bertz CT molecular complexity index is 665. The molecule has 2 aromatic heterocycles. The predicted octanol–water partition coefficient (Wildman–Crippen LogP) is 3.25. The van der Waals surface area contributed by atoms with E-state index >= 15 is 0 Å². The number of rotatable bonds is 3. The summed E-state index contributed by atoms with van der Waals surface area (Å²) in [4.78, 5) is 0. The van der Waals surface area contributed by atoms with Gasteiger partial charge in [0.1, 0.15) is 17.5 Å². The lowest BCUT2D eigenvalue weighted by molar-refractivity contribution is 0.485. The van der Waals surface area contributed by atoms with E-state index in [0.717, 1.165) is 16.8 Å². The van der Waals surface area contributed by atoms with Gasteiger partial charge in [0.25, 0.3) is 0 Å². The molecule has 3 rings (SSSR count). The largest absolute Gasteiger partial charge is 0.457 e. The van der Waals surface area contributed by atoms with E-state index in [9.17, 15) is 0 Å². The third-order valence-electron chi connectivity index (χ3n) is 2.76. The summed E-state index contributed by atoms with van der Waals surface area (Å²) < 4.78 is 9.69. The number of aromatic nitrogens is 2. The van der Waals surface area contributed by atoms with Crippen molar-refractivity contribution in [3.8, 4) is 0 Å². The van der Waals surface area contributed by atoms with Gasteiger partial charge in [0, 0.05) is 10.8 Å². The molecular weight excluding hydrogens is 270 g/mol. The van der Waals surface area contributed by atoms with Crippen LogP contribution in [0.1, 0.15) is 17.5 Å². The lowest BCUT2D eigenvalue weighted by Gasteiger charge is -2.09. The molecule has 0 amide bonds. The summed E-state index contributed by atoms with van der Waals surface area (Å²) in [5.74, 6) is 0.785. The molecule has 0 saturated carbocycles. The number of halogens is 1. The van der Waals surface area contributed by atoms with E-state index in [1.165, 1.54) is 11.5 Å². The van der Waals surface area contributed by atoms with Gasteiger partial charge in [-0.05, 0) is 30.7 Å². The first kappa shape index (κ1) is 11.6.